The first-order valence-electron chi connectivity index (χ1n) is 8.22. The average Bonchev–Trinajstić information content (AvgIpc) is 3.14. The topological polar surface area (TPSA) is 56.8 Å². The van der Waals surface area contributed by atoms with Crippen LogP contribution in [-0.2, 0) is 9.53 Å². The molecule has 132 valence electrons. The minimum absolute atomic E-state index is 0.0955. The molecule has 1 aliphatic heterocycles. The number of hydrogen-bond donors (Lipinski definition) is 1. The lowest BCUT2D eigenvalue weighted by molar-refractivity contribution is -0.118. The lowest BCUT2D eigenvalue weighted by Crippen LogP contribution is -2.21. The van der Waals surface area contributed by atoms with E-state index in [-0.39, 0.29) is 18.6 Å². The number of para-hydroxylation sites is 2. The number of hydrogen-bond acceptors (Lipinski definition) is 4. The molecule has 0 aromatic heterocycles. The standard InChI is InChI=1S/C19H20ClNO4/c20-14-7-9-15(10-8-14)24-13-19(22)21-17-5-1-2-6-18(17)25-12-16-4-3-11-23-16/h1-2,5-10,16H,3-4,11-13H2,(H,21,22)/t16-/m0/s1. The monoisotopic (exact) mass is 361 g/mol. The molecule has 0 radical (unpaired) electrons. The van der Waals surface area contributed by atoms with Crippen LogP contribution in [-0.4, -0.2) is 31.8 Å². The number of benzene rings is 2. The van der Waals surface area contributed by atoms with Crippen molar-refractivity contribution < 1.29 is 19.0 Å². The summed E-state index contributed by atoms with van der Waals surface area (Å²) in [6.07, 6.45) is 2.19. The molecule has 2 aromatic carbocycles. The molecule has 0 saturated carbocycles. The molecule has 2 aromatic rings. The normalized spacial score (nSPS) is 16.4. The molecule has 5 nitrogen and oxygen atoms in total. The highest BCUT2D eigenvalue weighted by molar-refractivity contribution is 6.30. The Hall–Kier alpha value is -2.24. The molecule has 25 heavy (non-hydrogen) atoms. The van der Waals surface area contributed by atoms with Crippen LogP contribution in [0.25, 0.3) is 0 Å². The van der Waals surface area contributed by atoms with E-state index >= 15 is 0 Å². The number of anilines is 1. The van der Waals surface area contributed by atoms with Gasteiger partial charge in [0.05, 0.1) is 11.8 Å². The summed E-state index contributed by atoms with van der Waals surface area (Å²) in [5.74, 6) is 0.948. The van der Waals surface area contributed by atoms with Crippen LogP contribution >= 0.6 is 11.6 Å². The second kappa shape index (κ2) is 8.74. The fraction of sp³-hybridized carbons (Fsp3) is 0.316. The summed E-state index contributed by atoms with van der Waals surface area (Å²) in [5, 5.41) is 3.43. The number of rotatable bonds is 7. The van der Waals surface area contributed by atoms with Gasteiger partial charge in [-0.1, -0.05) is 23.7 Å². The summed E-state index contributed by atoms with van der Waals surface area (Å²) in [5.41, 5.74) is 0.616. The fourth-order valence-electron chi connectivity index (χ4n) is 2.52. The van der Waals surface area contributed by atoms with Crippen molar-refractivity contribution in [1.29, 1.82) is 0 Å². The highest BCUT2D eigenvalue weighted by Gasteiger charge is 2.17. The lowest BCUT2D eigenvalue weighted by Gasteiger charge is -2.15. The molecule has 1 fully saturated rings. The Kier molecular flexibility index (Phi) is 6.14. The van der Waals surface area contributed by atoms with Crippen LogP contribution in [0.4, 0.5) is 5.69 Å². The number of nitrogens with one attached hydrogen (secondary N) is 1. The van der Waals surface area contributed by atoms with Gasteiger partial charge >= 0.3 is 0 Å². The zero-order valence-electron chi connectivity index (χ0n) is 13.7. The average molecular weight is 362 g/mol. The van der Waals surface area contributed by atoms with E-state index in [1.54, 1.807) is 30.3 Å². The predicted octanol–water partition coefficient (Wildman–Crippen LogP) is 3.92. The second-order valence-corrected chi connectivity index (χ2v) is 6.17. The van der Waals surface area contributed by atoms with Gasteiger partial charge in [-0.25, -0.2) is 0 Å². The van der Waals surface area contributed by atoms with E-state index in [0.717, 1.165) is 19.4 Å². The predicted molar refractivity (Wildman–Crippen MR) is 96.5 cm³/mol. The minimum atomic E-state index is -0.261. The van der Waals surface area contributed by atoms with Crippen LogP contribution in [0.15, 0.2) is 48.5 Å². The molecule has 1 N–H and O–H groups in total. The summed E-state index contributed by atoms with van der Waals surface area (Å²) in [6.45, 7) is 1.17. The van der Waals surface area contributed by atoms with Gasteiger partial charge in [-0.2, -0.15) is 0 Å². The lowest BCUT2D eigenvalue weighted by atomic mass is 10.2. The first-order valence-corrected chi connectivity index (χ1v) is 8.60. The van der Waals surface area contributed by atoms with Crippen LogP contribution < -0.4 is 14.8 Å². The molecule has 6 heteroatoms. The maximum absolute atomic E-state index is 12.1. The van der Waals surface area contributed by atoms with Gasteiger partial charge < -0.3 is 19.5 Å². The minimum Gasteiger partial charge on any atom is -0.489 e. The molecular formula is C19H20ClNO4. The van der Waals surface area contributed by atoms with E-state index < -0.39 is 0 Å². The first kappa shape index (κ1) is 17.6. The third-order valence-electron chi connectivity index (χ3n) is 3.79. The maximum atomic E-state index is 12.1. The van der Waals surface area contributed by atoms with Gasteiger partial charge in [0, 0.05) is 11.6 Å². The van der Waals surface area contributed by atoms with Gasteiger partial charge in [-0.3, -0.25) is 4.79 Å². The molecular weight excluding hydrogens is 342 g/mol. The smallest absolute Gasteiger partial charge is 0.262 e. The van der Waals surface area contributed by atoms with E-state index in [9.17, 15) is 4.79 Å². The van der Waals surface area contributed by atoms with Crippen molar-refractivity contribution in [2.45, 2.75) is 18.9 Å². The van der Waals surface area contributed by atoms with Gasteiger partial charge in [0.1, 0.15) is 18.1 Å². The van der Waals surface area contributed by atoms with Crippen LogP contribution in [0.5, 0.6) is 11.5 Å². The van der Waals surface area contributed by atoms with Crippen LogP contribution in [0.1, 0.15) is 12.8 Å². The largest absolute Gasteiger partial charge is 0.489 e. The highest BCUT2D eigenvalue weighted by atomic mass is 35.5. The van der Waals surface area contributed by atoms with Crippen molar-refractivity contribution >= 4 is 23.2 Å². The van der Waals surface area contributed by atoms with E-state index in [1.807, 2.05) is 18.2 Å². The Morgan fingerprint density at radius 2 is 1.96 bits per heavy atom. The number of carbonyl (C=O) groups is 1. The Morgan fingerprint density at radius 3 is 2.72 bits per heavy atom. The molecule has 0 aliphatic carbocycles. The van der Waals surface area contributed by atoms with Gasteiger partial charge in [0.25, 0.3) is 5.91 Å². The molecule has 1 saturated heterocycles. The Bertz CT molecular complexity index is 699. The quantitative estimate of drug-likeness (QED) is 0.812. The SMILES string of the molecule is O=C(COc1ccc(Cl)cc1)Nc1ccccc1OC[C@@H]1CCCO1. The number of halogens is 1. The van der Waals surface area contributed by atoms with Crippen molar-refractivity contribution in [2.24, 2.45) is 0 Å². The van der Waals surface area contributed by atoms with Gasteiger partial charge in [-0.15, -0.1) is 0 Å². The molecule has 1 atom stereocenters. The summed E-state index contributed by atoms with van der Waals surface area (Å²) < 4.78 is 16.8. The molecule has 0 bridgehead atoms. The van der Waals surface area contributed by atoms with Crippen molar-refractivity contribution in [1.82, 2.24) is 0 Å². The van der Waals surface area contributed by atoms with Crippen molar-refractivity contribution in [2.75, 3.05) is 25.1 Å². The molecule has 0 spiro atoms. The van der Waals surface area contributed by atoms with E-state index in [4.69, 9.17) is 25.8 Å². The summed E-state index contributed by atoms with van der Waals surface area (Å²) in [6, 6.07) is 14.2. The maximum Gasteiger partial charge on any atom is 0.262 e. The Labute approximate surface area is 151 Å². The highest BCUT2D eigenvalue weighted by Crippen LogP contribution is 2.25. The number of amides is 1. The van der Waals surface area contributed by atoms with Crippen molar-refractivity contribution in [3.05, 3.63) is 53.6 Å². The summed E-state index contributed by atoms with van der Waals surface area (Å²) >= 11 is 5.82. The van der Waals surface area contributed by atoms with Crippen LogP contribution in [0, 0.1) is 0 Å². The van der Waals surface area contributed by atoms with Crippen molar-refractivity contribution in [3.8, 4) is 11.5 Å². The Morgan fingerprint density at radius 1 is 1.16 bits per heavy atom. The molecule has 0 unspecified atom stereocenters. The first-order chi connectivity index (χ1) is 12.2. The van der Waals surface area contributed by atoms with E-state index in [2.05, 4.69) is 5.32 Å². The molecule has 1 amide bonds. The molecule has 1 heterocycles. The van der Waals surface area contributed by atoms with Crippen LogP contribution in [0.3, 0.4) is 0 Å². The zero-order valence-corrected chi connectivity index (χ0v) is 14.5. The van der Waals surface area contributed by atoms with E-state index in [0.29, 0.717) is 28.8 Å². The summed E-state index contributed by atoms with van der Waals surface area (Å²) in [4.78, 5) is 12.1. The van der Waals surface area contributed by atoms with Gasteiger partial charge in [-0.05, 0) is 49.2 Å². The fourth-order valence-corrected chi connectivity index (χ4v) is 2.65. The molecule has 3 rings (SSSR count). The third-order valence-corrected chi connectivity index (χ3v) is 4.05. The van der Waals surface area contributed by atoms with Crippen LogP contribution in [0.2, 0.25) is 5.02 Å². The number of carbonyl (C=O) groups excluding carboxylic acids is 1. The number of ether oxygens (including phenoxy) is 3. The zero-order chi connectivity index (χ0) is 17.5. The van der Waals surface area contributed by atoms with Crippen molar-refractivity contribution in [3.63, 3.8) is 0 Å². The summed E-state index contributed by atoms with van der Waals surface area (Å²) in [7, 11) is 0. The molecule has 1 aliphatic rings. The van der Waals surface area contributed by atoms with E-state index in [1.165, 1.54) is 0 Å². The third kappa shape index (κ3) is 5.37. The van der Waals surface area contributed by atoms with Gasteiger partial charge in [0.15, 0.2) is 6.61 Å². The Balaban J connectivity index is 1.52. The second-order valence-electron chi connectivity index (χ2n) is 5.73. The van der Waals surface area contributed by atoms with Gasteiger partial charge in [0.2, 0.25) is 0 Å².